The van der Waals surface area contributed by atoms with Gasteiger partial charge in [0.2, 0.25) is 0 Å². The van der Waals surface area contributed by atoms with E-state index < -0.39 is 57.8 Å². The van der Waals surface area contributed by atoms with Crippen molar-refractivity contribution in [3.05, 3.63) is 146 Å². The monoisotopic (exact) mass is 1130 g/mol. The highest BCUT2D eigenvalue weighted by atomic mass is 31.2. The van der Waals surface area contributed by atoms with E-state index in [2.05, 4.69) is 167 Å². The largest absolute Gasteiger partial charge is 0.472 e. The van der Waals surface area contributed by atoms with Crippen LogP contribution in [0.4, 0.5) is 0 Å². The lowest BCUT2D eigenvalue weighted by molar-refractivity contribution is -0.161. The van der Waals surface area contributed by atoms with Gasteiger partial charge in [0.25, 0.3) is 0 Å². The highest BCUT2D eigenvalue weighted by molar-refractivity contribution is 7.47. The minimum Gasteiger partial charge on any atom is -0.462 e. The van der Waals surface area contributed by atoms with Gasteiger partial charge < -0.3 is 24.2 Å². The molecule has 0 fully saturated rings. The van der Waals surface area contributed by atoms with Crippen LogP contribution in [-0.2, 0) is 42.2 Å². The summed E-state index contributed by atoms with van der Waals surface area (Å²) in [5.41, 5.74) is 0. The Bertz CT molecular complexity index is 1900. The minimum atomic E-state index is -4.78. The Morgan fingerprint density at radius 1 is 0.362 bits per heavy atom. The molecule has 3 unspecified atom stereocenters. The second kappa shape index (κ2) is 60.5. The maximum atomic E-state index is 12.9. The van der Waals surface area contributed by atoms with Crippen molar-refractivity contribution in [2.75, 3.05) is 26.4 Å². The van der Waals surface area contributed by atoms with Crippen LogP contribution >= 0.6 is 7.82 Å². The highest BCUT2D eigenvalue weighted by Crippen LogP contribution is 2.43. The number of allylic oxidation sites excluding steroid dienone is 24. The van der Waals surface area contributed by atoms with Crippen molar-refractivity contribution in [2.24, 2.45) is 0 Å². The van der Waals surface area contributed by atoms with Crippen molar-refractivity contribution in [1.29, 1.82) is 0 Å². The van der Waals surface area contributed by atoms with Crippen LogP contribution in [0.3, 0.4) is 0 Å². The average molecular weight is 1130 g/mol. The summed E-state index contributed by atoms with van der Waals surface area (Å²) >= 11 is 0. The van der Waals surface area contributed by atoms with Gasteiger partial charge in [0.05, 0.1) is 19.8 Å². The number of carbonyl (C=O) groups is 3. The smallest absolute Gasteiger partial charge is 0.462 e. The van der Waals surface area contributed by atoms with Crippen molar-refractivity contribution < 1.29 is 52.2 Å². The minimum absolute atomic E-state index is 0.111. The van der Waals surface area contributed by atoms with Gasteiger partial charge in [0.1, 0.15) is 12.7 Å². The Morgan fingerprint density at radius 3 is 1.01 bits per heavy atom. The molecule has 11 nitrogen and oxygen atoms in total. The van der Waals surface area contributed by atoms with Crippen LogP contribution in [0.2, 0.25) is 0 Å². The molecular formula is C68H109O11P. The molecule has 0 rings (SSSR count). The van der Waals surface area contributed by atoms with Crippen molar-refractivity contribution >= 4 is 25.7 Å². The van der Waals surface area contributed by atoms with E-state index >= 15 is 0 Å². The second-order valence-corrected chi connectivity index (χ2v) is 21.2. The van der Waals surface area contributed by atoms with E-state index in [-0.39, 0.29) is 25.9 Å². The van der Waals surface area contributed by atoms with Crippen molar-refractivity contribution in [3.63, 3.8) is 0 Å². The van der Waals surface area contributed by atoms with Gasteiger partial charge >= 0.3 is 25.7 Å². The van der Waals surface area contributed by atoms with E-state index in [0.29, 0.717) is 19.3 Å². The molecule has 0 radical (unpaired) electrons. The standard InChI is InChI=1S/C68H109O11P/c1-4-7-10-13-16-19-22-25-28-30-32-34-37-39-42-45-48-51-54-57-66(70)75-61-65(79-68(72)59-56-53-50-47-44-41-38-35-33-31-29-26-23-20-17-14-11-8-5-2)63-77-80(73,74)76-62-64(60-69)78-67(71)58-55-52-49-46-43-40-36-27-24-21-18-15-12-9-6-3/h7-8,10-11,16-21,25-29,32-36,39,41-42,44,64-65,69H,4-6,9,12-15,22-24,30-31,37-38,40,43,45-63H2,1-3H3,(H,73,74)/b10-7-,11-8-,19-16-,20-17-,21-18-,28-25-,29-26-,34-32-,35-33-,36-27-,42-39-,44-41-. The zero-order valence-corrected chi connectivity index (χ0v) is 50.9. The summed E-state index contributed by atoms with van der Waals surface area (Å²) in [6, 6.07) is 0. The van der Waals surface area contributed by atoms with Gasteiger partial charge in [-0.1, -0.05) is 212 Å². The molecule has 0 amide bonds. The van der Waals surface area contributed by atoms with Gasteiger partial charge in [-0.3, -0.25) is 23.4 Å². The number of unbranched alkanes of at least 4 members (excludes halogenated alkanes) is 14. The third kappa shape index (κ3) is 58.0. The first-order valence-electron chi connectivity index (χ1n) is 30.7. The van der Waals surface area contributed by atoms with Gasteiger partial charge in [-0.05, 0) is 141 Å². The number of esters is 3. The molecule has 0 spiro atoms. The normalized spacial score (nSPS) is 14.3. The molecule has 12 heteroatoms. The third-order valence-corrected chi connectivity index (χ3v) is 13.2. The molecule has 80 heavy (non-hydrogen) atoms. The summed E-state index contributed by atoms with van der Waals surface area (Å²) in [5.74, 6) is -1.57. The molecule has 0 saturated carbocycles. The number of hydrogen-bond acceptors (Lipinski definition) is 10. The maximum absolute atomic E-state index is 12.9. The highest BCUT2D eigenvalue weighted by Gasteiger charge is 2.28. The number of aliphatic hydroxyl groups excluding tert-OH is 1. The molecule has 0 aliphatic rings. The molecule has 0 aromatic heterocycles. The number of hydrogen-bond donors (Lipinski definition) is 2. The first-order chi connectivity index (χ1) is 39.2. The molecule has 0 heterocycles. The molecule has 452 valence electrons. The Balaban J connectivity index is 4.88. The summed E-state index contributed by atoms with van der Waals surface area (Å²) in [4.78, 5) is 48.7. The van der Waals surface area contributed by atoms with E-state index in [1.807, 2.05) is 0 Å². The summed E-state index contributed by atoms with van der Waals surface area (Å²) in [6.07, 6.45) is 78.0. The number of carbonyl (C=O) groups excluding carboxylic acids is 3. The molecule has 0 aromatic carbocycles. The SMILES string of the molecule is CC/C=C\C/C=C\C/C=C\C/C=C\C/C=C\CCCCCC(=O)OCC(COP(=O)(O)OCC(CO)OC(=O)CCCCCCC/C=C\C/C=C\CCCCC)OC(=O)CCCCC/C=C\C/C=C\C/C=C\C/C=C\C/C=C\CC. The lowest BCUT2D eigenvalue weighted by Gasteiger charge is -2.21. The zero-order valence-electron chi connectivity index (χ0n) is 50.0. The fourth-order valence-corrected chi connectivity index (χ4v) is 8.40. The Hall–Kier alpha value is -4.64. The second-order valence-electron chi connectivity index (χ2n) is 19.7. The van der Waals surface area contributed by atoms with E-state index in [4.69, 9.17) is 23.3 Å². The first kappa shape index (κ1) is 75.4. The van der Waals surface area contributed by atoms with Crippen LogP contribution in [-0.4, -0.2) is 66.5 Å². The fourth-order valence-electron chi connectivity index (χ4n) is 7.61. The van der Waals surface area contributed by atoms with Crippen LogP contribution < -0.4 is 0 Å². The Labute approximate surface area is 486 Å². The zero-order chi connectivity index (χ0) is 58.3. The van der Waals surface area contributed by atoms with Crippen molar-refractivity contribution in [2.45, 2.75) is 238 Å². The van der Waals surface area contributed by atoms with Gasteiger partial charge in [0, 0.05) is 19.3 Å². The van der Waals surface area contributed by atoms with Gasteiger partial charge in [-0.2, -0.15) is 0 Å². The van der Waals surface area contributed by atoms with E-state index in [0.717, 1.165) is 148 Å². The Kier molecular flexibility index (Phi) is 56.9. The summed E-state index contributed by atoms with van der Waals surface area (Å²) in [5, 5.41) is 9.84. The molecule has 0 aliphatic carbocycles. The van der Waals surface area contributed by atoms with Crippen LogP contribution in [0.25, 0.3) is 0 Å². The van der Waals surface area contributed by atoms with Crippen molar-refractivity contribution in [3.8, 4) is 0 Å². The molecule has 0 aromatic rings. The fraction of sp³-hybridized carbons (Fsp3) is 0.603. The summed E-state index contributed by atoms with van der Waals surface area (Å²) < 4.78 is 39.6. The summed E-state index contributed by atoms with van der Waals surface area (Å²) in [7, 11) is -4.78. The van der Waals surface area contributed by atoms with E-state index in [1.165, 1.54) is 19.3 Å². The average Bonchev–Trinajstić information content (AvgIpc) is 3.45. The van der Waals surface area contributed by atoms with Gasteiger partial charge in [0.15, 0.2) is 6.10 Å². The topological polar surface area (TPSA) is 155 Å². The molecule has 2 N–H and O–H groups in total. The predicted molar refractivity (Wildman–Crippen MR) is 334 cm³/mol. The van der Waals surface area contributed by atoms with Crippen LogP contribution in [0.15, 0.2) is 146 Å². The number of ether oxygens (including phenoxy) is 3. The number of aliphatic hydroxyl groups is 1. The van der Waals surface area contributed by atoms with Crippen molar-refractivity contribution in [1.82, 2.24) is 0 Å². The first-order valence-corrected chi connectivity index (χ1v) is 32.2. The molecule has 0 bridgehead atoms. The lowest BCUT2D eigenvalue weighted by Crippen LogP contribution is -2.30. The van der Waals surface area contributed by atoms with Crippen LogP contribution in [0, 0.1) is 0 Å². The molecule has 3 atom stereocenters. The maximum Gasteiger partial charge on any atom is 0.472 e. The number of phosphoric acid groups is 1. The Morgan fingerprint density at radius 2 is 0.650 bits per heavy atom. The predicted octanol–water partition coefficient (Wildman–Crippen LogP) is 18.7. The quantitative estimate of drug-likeness (QED) is 0.0197. The molecule has 0 saturated heterocycles. The number of phosphoric ester groups is 1. The van der Waals surface area contributed by atoms with Crippen LogP contribution in [0.1, 0.15) is 226 Å². The van der Waals surface area contributed by atoms with E-state index in [1.54, 1.807) is 0 Å². The number of rotatable bonds is 55. The summed E-state index contributed by atoms with van der Waals surface area (Å²) in [6.45, 7) is 4.29. The van der Waals surface area contributed by atoms with E-state index in [9.17, 15) is 28.9 Å². The van der Waals surface area contributed by atoms with Gasteiger partial charge in [-0.15, -0.1) is 0 Å². The van der Waals surface area contributed by atoms with Gasteiger partial charge in [-0.25, -0.2) is 4.57 Å². The van der Waals surface area contributed by atoms with Crippen LogP contribution in [0.5, 0.6) is 0 Å². The molecule has 0 aliphatic heterocycles. The third-order valence-electron chi connectivity index (χ3n) is 12.2. The lowest BCUT2D eigenvalue weighted by atomic mass is 10.1. The molecular weight excluding hydrogens is 1020 g/mol.